The molecule has 0 aliphatic carbocycles. The number of amides is 3. The van der Waals surface area contributed by atoms with Gasteiger partial charge in [0.05, 0.1) is 12.8 Å². The number of hydrogen-bond donors (Lipinski definition) is 3. The van der Waals surface area contributed by atoms with Gasteiger partial charge in [0.15, 0.2) is 0 Å². The van der Waals surface area contributed by atoms with Crippen molar-refractivity contribution in [3.63, 3.8) is 0 Å². The Bertz CT molecular complexity index is 750. The number of carbonyl (C=O) groups excluding carboxylic acids is 2. The minimum absolute atomic E-state index is 0.282. The minimum atomic E-state index is -0.581. The molecule has 0 spiro atoms. The number of methoxy groups -OCH3 is 1. The molecule has 0 aliphatic rings. The van der Waals surface area contributed by atoms with Crippen molar-refractivity contribution in [3.8, 4) is 5.75 Å². The number of urea groups is 1. The fourth-order valence-electron chi connectivity index (χ4n) is 2.14. The van der Waals surface area contributed by atoms with Crippen LogP contribution in [0.25, 0.3) is 0 Å². The molecule has 0 saturated heterocycles. The zero-order valence-electron chi connectivity index (χ0n) is 13.1. The van der Waals surface area contributed by atoms with Crippen molar-refractivity contribution in [1.82, 2.24) is 5.32 Å². The maximum absolute atomic E-state index is 12.0. The number of nitrogens with two attached hydrogens (primary N) is 1. The Morgan fingerprint density at radius 3 is 2.67 bits per heavy atom. The molecule has 2 aromatic carbocycles. The number of anilines is 1. The van der Waals surface area contributed by atoms with E-state index in [1.807, 2.05) is 18.2 Å². The molecule has 6 nitrogen and oxygen atoms in total. The first-order chi connectivity index (χ1) is 11.5. The number of carbonyl (C=O) groups is 2. The third-order valence-electron chi connectivity index (χ3n) is 3.32. The third-order valence-corrected chi connectivity index (χ3v) is 3.56. The Balaban J connectivity index is 1.94. The largest absolute Gasteiger partial charge is 0.495 e. The maximum atomic E-state index is 12.0. The highest BCUT2D eigenvalue weighted by molar-refractivity contribution is 6.30. The lowest BCUT2D eigenvalue weighted by atomic mass is 10.1. The molecule has 24 heavy (non-hydrogen) atoms. The standard InChI is InChI=1S/C17H18ClN3O3/c1-24-15-6-5-12(16(19)22)10-14(15)21-17(23)20-8-7-11-3-2-4-13(18)9-11/h2-6,9-10H,7-8H2,1H3,(H2,19,22)(H2,20,21,23). The van der Waals surface area contributed by atoms with E-state index in [0.717, 1.165) is 5.56 Å². The predicted molar refractivity (Wildman–Crippen MR) is 93.7 cm³/mol. The monoisotopic (exact) mass is 347 g/mol. The summed E-state index contributed by atoms with van der Waals surface area (Å²) in [5, 5.41) is 6.04. The van der Waals surface area contributed by atoms with E-state index in [1.54, 1.807) is 12.1 Å². The van der Waals surface area contributed by atoms with Crippen molar-refractivity contribution < 1.29 is 14.3 Å². The van der Waals surface area contributed by atoms with Crippen LogP contribution in [0, 0.1) is 0 Å². The predicted octanol–water partition coefficient (Wildman–Crippen LogP) is 2.81. The van der Waals surface area contributed by atoms with Gasteiger partial charge in [0.2, 0.25) is 5.91 Å². The Morgan fingerprint density at radius 1 is 1.21 bits per heavy atom. The molecule has 0 heterocycles. The lowest BCUT2D eigenvalue weighted by Gasteiger charge is -2.12. The molecule has 2 rings (SSSR count). The summed E-state index contributed by atoms with van der Waals surface area (Å²) in [6.45, 7) is 0.435. The quantitative estimate of drug-likeness (QED) is 0.750. The van der Waals surface area contributed by atoms with Crippen LogP contribution >= 0.6 is 11.6 Å². The van der Waals surface area contributed by atoms with Gasteiger partial charge in [-0.15, -0.1) is 0 Å². The summed E-state index contributed by atoms with van der Waals surface area (Å²) in [5.41, 5.74) is 6.92. The second-order valence-electron chi connectivity index (χ2n) is 5.04. The molecule has 0 fully saturated rings. The smallest absolute Gasteiger partial charge is 0.319 e. The molecule has 0 bridgehead atoms. The Morgan fingerprint density at radius 2 is 2.00 bits per heavy atom. The molecule has 0 unspecified atom stereocenters. The lowest BCUT2D eigenvalue weighted by Crippen LogP contribution is -2.30. The van der Waals surface area contributed by atoms with E-state index in [1.165, 1.54) is 19.2 Å². The average molecular weight is 348 g/mol. The van der Waals surface area contributed by atoms with Crippen molar-refractivity contribution in [1.29, 1.82) is 0 Å². The highest BCUT2D eigenvalue weighted by Gasteiger charge is 2.10. The molecule has 4 N–H and O–H groups in total. The van der Waals surface area contributed by atoms with Crippen LogP contribution in [-0.4, -0.2) is 25.6 Å². The Kier molecular flexibility index (Phi) is 6.03. The van der Waals surface area contributed by atoms with Crippen LogP contribution in [0.3, 0.4) is 0 Å². The van der Waals surface area contributed by atoms with E-state index in [-0.39, 0.29) is 5.56 Å². The number of rotatable bonds is 6. The zero-order chi connectivity index (χ0) is 17.5. The van der Waals surface area contributed by atoms with Crippen LogP contribution in [-0.2, 0) is 6.42 Å². The summed E-state index contributed by atoms with van der Waals surface area (Å²) in [5.74, 6) is -0.146. The van der Waals surface area contributed by atoms with Crippen molar-refractivity contribution in [2.75, 3.05) is 19.0 Å². The van der Waals surface area contributed by atoms with Crippen molar-refractivity contribution >= 4 is 29.2 Å². The lowest BCUT2D eigenvalue weighted by molar-refractivity contribution is 0.1000. The molecule has 0 radical (unpaired) electrons. The minimum Gasteiger partial charge on any atom is -0.495 e. The SMILES string of the molecule is COc1ccc(C(N)=O)cc1NC(=O)NCCc1cccc(Cl)c1. The summed E-state index contributed by atoms with van der Waals surface area (Å²) < 4.78 is 5.16. The van der Waals surface area contributed by atoms with Crippen molar-refractivity contribution in [2.24, 2.45) is 5.73 Å². The van der Waals surface area contributed by atoms with E-state index < -0.39 is 11.9 Å². The van der Waals surface area contributed by atoms with Crippen molar-refractivity contribution in [2.45, 2.75) is 6.42 Å². The van der Waals surface area contributed by atoms with Crippen LogP contribution in [0.15, 0.2) is 42.5 Å². The van der Waals surface area contributed by atoms with E-state index in [2.05, 4.69) is 10.6 Å². The van der Waals surface area contributed by atoms with Gasteiger partial charge in [0, 0.05) is 17.1 Å². The van der Waals surface area contributed by atoms with Gasteiger partial charge in [-0.25, -0.2) is 4.79 Å². The topological polar surface area (TPSA) is 93.4 Å². The highest BCUT2D eigenvalue weighted by atomic mass is 35.5. The summed E-state index contributed by atoms with van der Waals surface area (Å²) in [6.07, 6.45) is 0.645. The number of halogens is 1. The first kappa shape index (κ1) is 17.6. The van der Waals surface area contributed by atoms with Crippen LogP contribution in [0.1, 0.15) is 15.9 Å². The molecule has 3 amide bonds. The van der Waals surface area contributed by atoms with E-state index >= 15 is 0 Å². The van der Waals surface area contributed by atoms with Crippen molar-refractivity contribution in [3.05, 3.63) is 58.6 Å². The highest BCUT2D eigenvalue weighted by Crippen LogP contribution is 2.25. The summed E-state index contributed by atoms with van der Waals surface area (Å²) in [4.78, 5) is 23.2. The van der Waals surface area contributed by atoms with Gasteiger partial charge in [0.25, 0.3) is 0 Å². The van der Waals surface area contributed by atoms with Gasteiger partial charge < -0.3 is 21.1 Å². The second kappa shape index (κ2) is 8.21. The molecule has 0 atom stereocenters. The molecule has 2 aromatic rings. The van der Waals surface area contributed by atoms with Crippen LogP contribution in [0.2, 0.25) is 5.02 Å². The maximum Gasteiger partial charge on any atom is 0.319 e. The van der Waals surface area contributed by atoms with Gasteiger partial charge in [-0.05, 0) is 42.3 Å². The molecule has 0 aliphatic heterocycles. The van der Waals surface area contributed by atoms with E-state index in [9.17, 15) is 9.59 Å². The van der Waals surface area contributed by atoms with E-state index in [4.69, 9.17) is 22.1 Å². The molecular weight excluding hydrogens is 330 g/mol. The Hall–Kier alpha value is -2.73. The second-order valence-corrected chi connectivity index (χ2v) is 5.48. The Labute approximate surface area is 144 Å². The summed E-state index contributed by atoms with van der Waals surface area (Å²) in [6, 6.07) is 11.6. The molecule has 0 saturated carbocycles. The molecule has 0 aromatic heterocycles. The van der Waals surface area contributed by atoms with E-state index in [0.29, 0.717) is 29.4 Å². The third kappa shape index (κ3) is 4.89. The first-order valence-electron chi connectivity index (χ1n) is 7.26. The number of ether oxygens (including phenoxy) is 1. The van der Waals surface area contributed by atoms with Crippen LogP contribution in [0.5, 0.6) is 5.75 Å². The first-order valence-corrected chi connectivity index (χ1v) is 7.64. The zero-order valence-corrected chi connectivity index (χ0v) is 13.9. The summed E-state index contributed by atoms with van der Waals surface area (Å²) >= 11 is 5.92. The number of benzene rings is 2. The fraction of sp³-hybridized carbons (Fsp3) is 0.176. The molecule has 126 valence electrons. The average Bonchev–Trinajstić information content (AvgIpc) is 2.54. The van der Waals surface area contributed by atoms with Crippen LogP contribution in [0.4, 0.5) is 10.5 Å². The fourth-order valence-corrected chi connectivity index (χ4v) is 2.35. The summed E-state index contributed by atoms with van der Waals surface area (Å²) in [7, 11) is 1.47. The molecular formula is C17H18ClN3O3. The normalized spacial score (nSPS) is 10.1. The number of nitrogens with one attached hydrogen (secondary N) is 2. The van der Waals surface area contributed by atoms with Gasteiger partial charge in [-0.3, -0.25) is 4.79 Å². The number of hydrogen-bond acceptors (Lipinski definition) is 3. The number of primary amides is 1. The van der Waals surface area contributed by atoms with Gasteiger partial charge in [-0.1, -0.05) is 23.7 Å². The molecule has 7 heteroatoms. The van der Waals surface area contributed by atoms with Crippen LogP contribution < -0.4 is 21.1 Å². The van der Waals surface area contributed by atoms with Gasteiger partial charge in [-0.2, -0.15) is 0 Å². The van der Waals surface area contributed by atoms with Gasteiger partial charge in [0.1, 0.15) is 5.75 Å². The van der Waals surface area contributed by atoms with Gasteiger partial charge >= 0.3 is 6.03 Å².